The maximum Gasteiger partial charge on any atom is 0.255 e. The zero-order valence-corrected chi connectivity index (χ0v) is 12.8. The Balaban J connectivity index is 2.10. The molecule has 2 aromatic rings. The number of amides is 1. The van der Waals surface area contributed by atoms with E-state index in [2.05, 4.69) is 27.9 Å². The molecule has 0 fully saturated rings. The number of hydrogen-bond donors (Lipinski definition) is 2. The van der Waals surface area contributed by atoms with Crippen LogP contribution in [0, 0.1) is 3.57 Å². The van der Waals surface area contributed by atoms with Gasteiger partial charge in [-0.2, -0.15) is 0 Å². The molecule has 2 rings (SSSR count). The van der Waals surface area contributed by atoms with Crippen LogP contribution in [0.5, 0.6) is 5.75 Å². The van der Waals surface area contributed by atoms with Crippen LogP contribution in [0.25, 0.3) is 0 Å². The van der Waals surface area contributed by atoms with E-state index in [0.29, 0.717) is 11.6 Å². The average molecular weight is 388 g/mol. The highest BCUT2D eigenvalue weighted by atomic mass is 127. The zero-order chi connectivity index (χ0) is 13.8. The number of benzene rings is 2. The molecule has 0 saturated heterocycles. The molecule has 0 bridgehead atoms. The highest BCUT2D eigenvalue weighted by molar-refractivity contribution is 14.1. The summed E-state index contributed by atoms with van der Waals surface area (Å²) in [5.41, 5.74) is 1.10. The molecular weight excluding hydrogens is 377 g/mol. The smallest absolute Gasteiger partial charge is 0.255 e. The predicted molar refractivity (Wildman–Crippen MR) is 83.4 cm³/mol. The molecule has 2 aromatic carbocycles. The fourth-order valence-electron chi connectivity index (χ4n) is 1.60. The summed E-state index contributed by atoms with van der Waals surface area (Å²) in [5.74, 6) is -0.354. The molecule has 0 saturated carbocycles. The molecule has 0 aliphatic rings. The number of phenols is 1. The molecule has 98 valence electrons. The second-order valence-corrected chi connectivity index (χ2v) is 5.59. The number of nitrogens with one attached hydrogen (secondary N) is 1. The van der Waals surface area contributed by atoms with Crippen LogP contribution in [0.15, 0.2) is 42.5 Å². The van der Waals surface area contributed by atoms with Gasteiger partial charge < -0.3 is 10.4 Å². The number of rotatable bonds is 3. The van der Waals surface area contributed by atoms with Crippen molar-refractivity contribution in [3.05, 3.63) is 62.2 Å². The van der Waals surface area contributed by atoms with Gasteiger partial charge in [-0.25, -0.2) is 0 Å². The van der Waals surface area contributed by atoms with E-state index in [1.165, 1.54) is 6.07 Å². The summed E-state index contributed by atoms with van der Waals surface area (Å²) in [7, 11) is 0. The Hall–Kier alpha value is -1.27. The van der Waals surface area contributed by atoms with Crippen molar-refractivity contribution in [2.45, 2.75) is 6.54 Å². The van der Waals surface area contributed by atoms with E-state index in [9.17, 15) is 9.90 Å². The Morgan fingerprint density at radius 2 is 2.00 bits per heavy atom. The summed E-state index contributed by atoms with van der Waals surface area (Å²) in [4.78, 5) is 12.0. The number of hydrogen-bond acceptors (Lipinski definition) is 2. The predicted octanol–water partition coefficient (Wildman–Crippen LogP) is 3.58. The Kier molecular flexibility index (Phi) is 4.66. The van der Waals surface area contributed by atoms with Crippen molar-refractivity contribution < 1.29 is 9.90 Å². The van der Waals surface area contributed by atoms with Gasteiger partial charge in [-0.15, -0.1) is 0 Å². The third-order valence-electron chi connectivity index (χ3n) is 2.60. The first-order chi connectivity index (χ1) is 9.08. The minimum atomic E-state index is -0.323. The zero-order valence-electron chi connectivity index (χ0n) is 9.86. The number of carbonyl (C=O) groups excluding carboxylic acids is 1. The second-order valence-electron chi connectivity index (χ2n) is 3.94. The highest BCUT2D eigenvalue weighted by Gasteiger charge is 2.11. The van der Waals surface area contributed by atoms with Crippen LogP contribution in [-0.2, 0) is 6.54 Å². The van der Waals surface area contributed by atoms with Gasteiger partial charge in [-0.1, -0.05) is 29.8 Å². The molecular formula is C14H11ClINO2. The van der Waals surface area contributed by atoms with Gasteiger partial charge in [0.05, 0.1) is 5.56 Å². The van der Waals surface area contributed by atoms with Crippen molar-refractivity contribution in [2.24, 2.45) is 0 Å². The van der Waals surface area contributed by atoms with Crippen molar-refractivity contribution in [1.82, 2.24) is 5.32 Å². The lowest BCUT2D eigenvalue weighted by Gasteiger charge is -2.08. The molecule has 0 radical (unpaired) electrons. The Bertz CT molecular complexity index is 616. The van der Waals surface area contributed by atoms with E-state index in [-0.39, 0.29) is 17.2 Å². The van der Waals surface area contributed by atoms with Crippen molar-refractivity contribution in [1.29, 1.82) is 0 Å². The van der Waals surface area contributed by atoms with Crippen molar-refractivity contribution in [2.75, 3.05) is 0 Å². The second kappa shape index (κ2) is 6.25. The van der Waals surface area contributed by atoms with Gasteiger partial charge in [0.1, 0.15) is 5.75 Å². The van der Waals surface area contributed by atoms with Crippen LogP contribution >= 0.6 is 34.2 Å². The largest absolute Gasteiger partial charge is 0.507 e. The summed E-state index contributed by atoms with van der Waals surface area (Å²) in [6.07, 6.45) is 0. The van der Waals surface area contributed by atoms with Gasteiger partial charge in [-0.3, -0.25) is 4.79 Å². The molecule has 1 amide bonds. The molecule has 0 heterocycles. The lowest BCUT2D eigenvalue weighted by molar-refractivity contribution is 0.0948. The normalized spacial score (nSPS) is 10.2. The SMILES string of the molecule is O=C(NCc1ccccc1Cl)c1cc(I)ccc1O. The molecule has 0 aromatic heterocycles. The molecule has 3 nitrogen and oxygen atoms in total. The van der Waals surface area contributed by atoms with Gasteiger partial charge in [0.15, 0.2) is 0 Å². The third-order valence-corrected chi connectivity index (χ3v) is 3.64. The molecule has 0 unspecified atom stereocenters. The molecule has 0 aliphatic heterocycles. The average Bonchev–Trinajstić information content (AvgIpc) is 2.40. The number of carbonyl (C=O) groups is 1. The molecule has 2 N–H and O–H groups in total. The van der Waals surface area contributed by atoms with Crippen LogP contribution in [-0.4, -0.2) is 11.0 Å². The first kappa shape index (κ1) is 14.1. The van der Waals surface area contributed by atoms with Crippen LogP contribution in [0.1, 0.15) is 15.9 Å². The number of phenolic OH excluding ortho intramolecular Hbond substituents is 1. The number of halogens is 2. The lowest BCUT2D eigenvalue weighted by Crippen LogP contribution is -2.23. The van der Waals surface area contributed by atoms with Gasteiger partial charge >= 0.3 is 0 Å². The first-order valence-electron chi connectivity index (χ1n) is 5.58. The quantitative estimate of drug-likeness (QED) is 0.791. The first-order valence-corrected chi connectivity index (χ1v) is 7.03. The maximum absolute atomic E-state index is 12.0. The topological polar surface area (TPSA) is 49.3 Å². The summed E-state index contributed by atoms with van der Waals surface area (Å²) < 4.78 is 0.887. The lowest BCUT2D eigenvalue weighted by atomic mass is 10.1. The summed E-state index contributed by atoms with van der Waals surface area (Å²) in [6.45, 7) is 0.323. The van der Waals surface area contributed by atoms with Crippen molar-refractivity contribution in [3.63, 3.8) is 0 Å². The monoisotopic (exact) mass is 387 g/mol. The van der Waals surface area contributed by atoms with Crippen LogP contribution in [0.2, 0.25) is 5.02 Å². The van der Waals surface area contributed by atoms with E-state index in [0.717, 1.165) is 9.13 Å². The standard InChI is InChI=1S/C14H11ClINO2/c15-12-4-2-1-3-9(12)8-17-14(19)11-7-10(16)5-6-13(11)18/h1-7,18H,8H2,(H,17,19). The van der Waals surface area contributed by atoms with E-state index >= 15 is 0 Å². The van der Waals surface area contributed by atoms with Gasteiger partial charge in [0, 0.05) is 15.1 Å². The van der Waals surface area contributed by atoms with Crippen LogP contribution in [0.4, 0.5) is 0 Å². The van der Waals surface area contributed by atoms with E-state index < -0.39 is 0 Å². The molecule has 5 heteroatoms. The van der Waals surface area contributed by atoms with Gasteiger partial charge in [-0.05, 0) is 52.4 Å². The fraction of sp³-hybridized carbons (Fsp3) is 0.0714. The highest BCUT2D eigenvalue weighted by Crippen LogP contribution is 2.20. The van der Waals surface area contributed by atoms with Gasteiger partial charge in [0.2, 0.25) is 0 Å². The maximum atomic E-state index is 12.0. The number of aromatic hydroxyl groups is 1. The van der Waals surface area contributed by atoms with Crippen LogP contribution in [0.3, 0.4) is 0 Å². The molecule has 19 heavy (non-hydrogen) atoms. The summed E-state index contributed by atoms with van der Waals surface area (Å²) in [5, 5.41) is 13.0. The van der Waals surface area contributed by atoms with Crippen molar-refractivity contribution in [3.8, 4) is 5.75 Å². The minimum absolute atomic E-state index is 0.0305. The van der Waals surface area contributed by atoms with Crippen molar-refractivity contribution >= 4 is 40.1 Å². The van der Waals surface area contributed by atoms with Gasteiger partial charge in [0.25, 0.3) is 5.91 Å². The molecule has 0 atom stereocenters. The Morgan fingerprint density at radius 3 is 2.74 bits per heavy atom. The summed E-state index contributed by atoms with van der Waals surface area (Å²) in [6, 6.07) is 12.2. The van der Waals surface area contributed by atoms with E-state index in [1.54, 1.807) is 18.2 Å². The Labute approximate surface area is 129 Å². The molecule has 0 aliphatic carbocycles. The Morgan fingerprint density at radius 1 is 1.26 bits per heavy atom. The minimum Gasteiger partial charge on any atom is -0.507 e. The molecule has 0 spiro atoms. The fourth-order valence-corrected chi connectivity index (χ4v) is 2.30. The third kappa shape index (κ3) is 3.61. The van der Waals surface area contributed by atoms with E-state index in [1.807, 2.05) is 18.2 Å². The van der Waals surface area contributed by atoms with E-state index in [4.69, 9.17) is 11.6 Å². The summed E-state index contributed by atoms with van der Waals surface area (Å²) >= 11 is 8.10. The van der Waals surface area contributed by atoms with Crippen LogP contribution < -0.4 is 5.32 Å².